The highest BCUT2D eigenvalue weighted by molar-refractivity contribution is 14.1. The number of nitrogens with zero attached hydrogens (tertiary/aromatic N) is 4. The zero-order valence-corrected chi connectivity index (χ0v) is 18.2. The SMILES string of the molecule is CI.Cc1nc(Nc2nc(-c3cccc4ccccc34)nc3ccccc23)n[nH]1. The molecule has 0 bridgehead atoms. The van der Waals surface area contributed by atoms with E-state index in [-0.39, 0.29) is 0 Å². The Kier molecular flexibility index (Phi) is 5.66. The second kappa shape index (κ2) is 8.52. The first-order valence-electron chi connectivity index (χ1n) is 9.07. The summed E-state index contributed by atoms with van der Waals surface area (Å²) in [5, 5.41) is 13.4. The van der Waals surface area contributed by atoms with Gasteiger partial charge in [0, 0.05) is 10.9 Å². The van der Waals surface area contributed by atoms with Gasteiger partial charge in [0.05, 0.1) is 5.52 Å². The van der Waals surface area contributed by atoms with Crippen molar-refractivity contribution >= 4 is 56.0 Å². The van der Waals surface area contributed by atoms with Gasteiger partial charge in [-0.05, 0) is 34.8 Å². The number of alkyl halides is 1. The zero-order chi connectivity index (χ0) is 20.2. The predicted molar refractivity (Wildman–Crippen MR) is 127 cm³/mol. The fourth-order valence-electron chi connectivity index (χ4n) is 3.22. The smallest absolute Gasteiger partial charge is 0.247 e. The fraction of sp³-hybridized carbons (Fsp3) is 0.0909. The first-order chi connectivity index (χ1) is 14.3. The summed E-state index contributed by atoms with van der Waals surface area (Å²) in [6.45, 7) is 1.86. The number of anilines is 2. The molecule has 2 heterocycles. The Bertz CT molecular complexity index is 1280. The number of aromatic nitrogens is 5. The van der Waals surface area contributed by atoms with Gasteiger partial charge in [-0.15, -0.1) is 5.10 Å². The number of aryl methyl sites for hydroxylation is 1. The second-order valence-corrected chi connectivity index (χ2v) is 6.31. The highest BCUT2D eigenvalue weighted by Crippen LogP contribution is 2.30. The molecule has 0 aliphatic heterocycles. The van der Waals surface area contributed by atoms with Crippen LogP contribution in [0.1, 0.15) is 5.82 Å². The van der Waals surface area contributed by atoms with Crippen LogP contribution in [0.2, 0.25) is 0 Å². The number of nitrogens with one attached hydrogen (secondary N) is 2. The topological polar surface area (TPSA) is 79.4 Å². The van der Waals surface area contributed by atoms with Crippen LogP contribution in [0.15, 0.2) is 66.7 Å². The van der Waals surface area contributed by atoms with Gasteiger partial charge < -0.3 is 5.32 Å². The molecule has 5 rings (SSSR count). The van der Waals surface area contributed by atoms with E-state index in [9.17, 15) is 0 Å². The monoisotopic (exact) mass is 494 g/mol. The highest BCUT2D eigenvalue weighted by Gasteiger charge is 2.13. The van der Waals surface area contributed by atoms with Crippen molar-refractivity contribution < 1.29 is 0 Å². The molecule has 0 spiro atoms. The number of para-hydroxylation sites is 1. The Balaban J connectivity index is 0.000000994. The van der Waals surface area contributed by atoms with Crippen LogP contribution in [-0.2, 0) is 0 Å². The van der Waals surface area contributed by atoms with Crippen molar-refractivity contribution in [1.82, 2.24) is 25.1 Å². The van der Waals surface area contributed by atoms with Gasteiger partial charge in [0.1, 0.15) is 11.6 Å². The van der Waals surface area contributed by atoms with Crippen molar-refractivity contribution in [2.24, 2.45) is 0 Å². The van der Waals surface area contributed by atoms with Crippen LogP contribution < -0.4 is 5.32 Å². The molecule has 0 amide bonds. The molecule has 29 heavy (non-hydrogen) atoms. The molecule has 6 nitrogen and oxygen atoms in total. The third-order valence-electron chi connectivity index (χ3n) is 4.46. The van der Waals surface area contributed by atoms with E-state index in [1.54, 1.807) is 0 Å². The third kappa shape index (κ3) is 3.91. The standard InChI is InChI=1S/C21H16N6.CH3I/c1-13-22-21(27-26-13)25-20-17-10-4-5-12-18(17)23-19(24-20)16-11-6-8-14-7-2-3-9-15(14)16;1-2/h2-12H,1H3,(H2,22,23,24,25,26,27);1H3. The normalized spacial score (nSPS) is 10.6. The lowest BCUT2D eigenvalue weighted by atomic mass is 10.0. The minimum absolute atomic E-state index is 0.486. The van der Waals surface area contributed by atoms with E-state index in [0.29, 0.717) is 17.6 Å². The van der Waals surface area contributed by atoms with E-state index >= 15 is 0 Å². The van der Waals surface area contributed by atoms with Gasteiger partial charge in [-0.3, -0.25) is 5.10 Å². The molecule has 7 heteroatoms. The molecule has 0 atom stereocenters. The lowest BCUT2D eigenvalue weighted by molar-refractivity contribution is 1.04. The fourth-order valence-corrected chi connectivity index (χ4v) is 3.22. The average molecular weight is 494 g/mol. The van der Waals surface area contributed by atoms with Gasteiger partial charge >= 0.3 is 0 Å². The summed E-state index contributed by atoms with van der Waals surface area (Å²) in [7, 11) is 0. The minimum Gasteiger partial charge on any atom is -0.307 e. The summed E-state index contributed by atoms with van der Waals surface area (Å²) in [4.78, 5) is 15.9. The van der Waals surface area contributed by atoms with E-state index in [1.165, 1.54) is 0 Å². The van der Waals surface area contributed by atoms with Gasteiger partial charge in [-0.1, -0.05) is 77.2 Å². The summed E-state index contributed by atoms with van der Waals surface area (Å²) in [5.41, 5.74) is 1.86. The maximum absolute atomic E-state index is 4.81. The molecule has 0 aliphatic rings. The first-order valence-corrected chi connectivity index (χ1v) is 11.2. The number of halogens is 1. The molecule has 2 aromatic heterocycles. The molecule has 0 fully saturated rings. The number of hydrogen-bond acceptors (Lipinski definition) is 5. The number of hydrogen-bond donors (Lipinski definition) is 2. The lowest BCUT2D eigenvalue weighted by Crippen LogP contribution is -2.00. The zero-order valence-electron chi connectivity index (χ0n) is 16.0. The Hall–Kier alpha value is -3.07. The molecular formula is C22H19IN6. The molecule has 0 saturated carbocycles. The number of benzene rings is 3. The first kappa shape index (κ1) is 19.3. The predicted octanol–water partition coefficient (Wildman–Crippen LogP) is 5.67. The third-order valence-corrected chi connectivity index (χ3v) is 4.46. The van der Waals surface area contributed by atoms with Crippen LogP contribution in [0.4, 0.5) is 11.8 Å². The van der Waals surface area contributed by atoms with Crippen molar-refractivity contribution in [2.75, 3.05) is 10.2 Å². The van der Waals surface area contributed by atoms with Gasteiger partial charge in [0.15, 0.2) is 5.82 Å². The lowest BCUT2D eigenvalue weighted by Gasteiger charge is -2.10. The van der Waals surface area contributed by atoms with Crippen LogP contribution in [0, 0.1) is 6.92 Å². The quantitative estimate of drug-likeness (QED) is 0.250. The van der Waals surface area contributed by atoms with Gasteiger partial charge in [-0.2, -0.15) is 4.98 Å². The summed E-state index contributed by atoms with van der Waals surface area (Å²) in [5.74, 6) is 2.58. The summed E-state index contributed by atoms with van der Waals surface area (Å²) in [6.07, 6.45) is 0. The molecule has 2 N–H and O–H groups in total. The van der Waals surface area contributed by atoms with Crippen LogP contribution >= 0.6 is 22.6 Å². The molecule has 0 unspecified atom stereocenters. The van der Waals surface area contributed by atoms with E-state index in [0.717, 1.165) is 33.1 Å². The number of rotatable bonds is 3. The summed E-state index contributed by atoms with van der Waals surface area (Å²) in [6, 6.07) is 22.3. The number of fused-ring (bicyclic) bond motifs is 2. The summed E-state index contributed by atoms with van der Waals surface area (Å²) < 4.78 is 0. The minimum atomic E-state index is 0.486. The van der Waals surface area contributed by atoms with Crippen molar-refractivity contribution in [1.29, 1.82) is 0 Å². The largest absolute Gasteiger partial charge is 0.307 e. The Morgan fingerprint density at radius 1 is 0.793 bits per heavy atom. The van der Waals surface area contributed by atoms with E-state index < -0.39 is 0 Å². The van der Waals surface area contributed by atoms with Crippen LogP contribution in [0.25, 0.3) is 33.1 Å². The van der Waals surface area contributed by atoms with Crippen molar-refractivity contribution in [3.8, 4) is 11.4 Å². The molecule has 0 aliphatic carbocycles. The molecule has 0 radical (unpaired) electrons. The number of aromatic amines is 1. The maximum atomic E-state index is 4.81. The second-order valence-electron chi connectivity index (χ2n) is 6.31. The molecule has 3 aromatic carbocycles. The van der Waals surface area contributed by atoms with Crippen molar-refractivity contribution in [3.05, 3.63) is 72.6 Å². The van der Waals surface area contributed by atoms with E-state index in [4.69, 9.17) is 9.97 Å². The van der Waals surface area contributed by atoms with Crippen LogP contribution in [0.5, 0.6) is 0 Å². The molecule has 5 aromatic rings. The average Bonchev–Trinajstić information content (AvgIpc) is 3.19. The molecule has 144 valence electrons. The Morgan fingerprint density at radius 2 is 1.52 bits per heavy atom. The van der Waals surface area contributed by atoms with Crippen molar-refractivity contribution in [3.63, 3.8) is 0 Å². The number of H-pyrrole nitrogens is 1. The molecular weight excluding hydrogens is 475 g/mol. The van der Waals surface area contributed by atoms with Gasteiger partial charge in [0.2, 0.25) is 5.95 Å². The van der Waals surface area contributed by atoms with Gasteiger partial charge in [-0.25, -0.2) is 9.97 Å². The highest BCUT2D eigenvalue weighted by atomic mass is 127. The van der Waals surface area contributed by atoms with E-state index in [1.807, 2.05) is 60.4 Å². The Labute approximate surface area is 182 Å². The van der Waals surface area contributed by atoms with E-state index in [2.05, 4.69) is 61.3 Å². The summed E-state index contributed by atoms with van der Waals surface area (Å²) >= 11 is 2.15. The van der Waals surface area contributed by atoms with Gasteiger partial charge in [0.25, 0.3) is 0 Å². The Morgan fingerprint density at radius 3 is 2.31 bits per heavy atom. The van der Waals surface area contributed by atoms with Crippen LogP contribution in [0.3, 0.4) is 0 Å². The molecule has 0 saturated heterocycles. The maximum Gasteiger partial charge on any atom is 0.247 e. The van der Waals surface area contributed by atoms with Crippen molar-refractivity contribution in [2.45, 2.75) is 6.92 Å². The van der Waals surface area contributed by atoms with Crippen LogP contribution in [-0.4, -0.2) is 30.1 Å².